The molecule has 0 aromatic heterocycles. The van der Waals surface area contributed by atoms with Gasteiger partial charge in [0, 0.05) is 26.2 Å². The second-order valence-electron chi connectivity index (χ2n) is 7.93. The fourth-order valence-corrected chi connectivity index (χ4v) is 3.80. The molecule has 1 saturated heterocycles. The van der Waals surface area contributed by atoms with Crippen LogP contribution >= 0.6 is 0 Å². The summed E-state index contributed by atoms with van der Waals surface area (Å²) in [5, 5.41) is 3.01. The zero-order valence-electron chi connectivity index (χ0n) is 18.7. The molecule has 3 aromatic carbocycles. The predicted octanol–water partition coefficient (Wildman–Crippen LogP) is 3.78. The fourth-order valence-electron chi connectivity index (χ4n) is 3.80. The summed E-state index contributed by atoms with van der Waals surface area (Å²) in [5.41, 5.74) is 1.79. The molecule has 172 valence electrons. The maximum absolute atomic E-state index is 12.8. The highest BCUT2D eigenvalue weighted by atomic mass is 16.5. The molecule has 0 radical (unpaired) electrons. The Hall–Kier alpha value is -3.35. The quantitative estimate of drug-likeness (QED) is 0.481. The third kappa shape index (κ3) is 7.07. The molecule has 1 aliphatic heterocycles. The Bertz CT molecular complexity index is 997. The van der Waals surface area contributed by atoms with Crippen molar-refractivity contribution in [2.24, 2.45) is 0 Å². The van der Waals surface area contributed by atoms with Gasteiger partial charge in [0.2, 0.25) is 0 Å². The van der Waals surface area contributed by atoms with E-state index in [0.29, 0.717) is 37.7 Å². The van der Waals surface area contributed by atoms with Gasteiger partial charge in [0.15, 0.2) is 0 Å². The monoisotopic (exact) mass is 446 g/mol. The summed E-state index contributed by atoms with van der Waals surface area (Å²) < 4.78 is 17.4. The number of morpholine rings is 1. The highest BCUT2D eigenvalue weighted by Gasteiger charge is 2.22. The number of amides is 1. The second-order valence-corrected chi connectivity index (χ2v) is 7.93. The lowest BCUT2D eigenvalue weighted by atomic mass is 10.1. The SMILES string of the molecule is O=C(NCC1CN(Cc2ccccc2)CCO1)c1ccccc1OCCOc1ccccc1. The first-order valence-corrected chi connectivity index (χ1v) is 11.3. The lowest BCUT2D eigenvalue weighted by Crippen LogP contribution is -2.47. The van der Waals surface area contributed by atoms with E-state index in [4.69, 9.17) is 14.2 Å². The molecule has 0 spiro atoms. The molecule has 1 atom stereocenters. The third-order valence-corrected chi connectivity index (χ3v) is 5.45. The molecule has 1 amide bonds. The molecule has 0 aliphatic carbocycles. The number of hydrogen-bond donors (Lipinski definition) is 1. The molecular formula is C27H30N2O4. The lowest BCUT2D eigenvalue weighted by molar-refractivity contribution is -0.0292. The van der Waals surface area contributed by atoms with Gasteiger partial charge in [-0.1, -0.05) is 60.7 Å². The molecule has 0 bridgehead atoms. The number of carbonyl (C=O) groups excluding carboxylic acids is 1. The van der Waals surface area contributed by atoms with Gasteiger partial charge in [0.25, 0.3) is 5.91 Å². The summed E-state index contributed by atoms with van der Waals surface area (Å²) in [6.45, 7) is 4.41. The fraction of sp³-hybridized carbons (Fsp3) is 0.296. The van der Waals surface area contributed by atoms with Gasteiger partial charge in [-0.2, -0.15) is 0 Å². The van der Waals surface area contributed by atoms with E-state index in [1.807, 2.05) is 48.5 Å². The first-order chi connectivity index (χ1) is 16.3. The van der Waals surface area contributed by atoms with Crippen LogP contribution in [0.4, 0.5) is 0 Å². The third-order valence-electron chi connectivity index (χ3n) is 5.45. The van der Waals surface area contributed by atoms with E-state index in [9.17, 15) is 4.79 Å². The summed E-state index contributed by atoms with van der Waals surface area (Å²) in [6, 6.07) is 27.3. The van der Waals surface area contributed by atoms with Gasteiger partial charge >= 0.3 is 0 Å². The van der Waals surface area contributed by atoms with Crippen LogP contribution in [-0.4, -0.2) is 56.4 Å². The normalized spacial score (nSPS) is 16.2. The second kappa shape index (κ2) is 12.0. The molecular weight excluding hydrogens is 416 g/mol. The highest BCUT2D eigenvalue weighted by molar-refractivity contribution is 5.96. The average Bonchev–Trinajstić information content (AvgIpc) is 2.87. The number of hydrogen-bond acceptors (Lipinski definition) is 5. The van der Waals surface area contributed by atoms with Gasteiger partial charge in [-0.05, 0) is 29.8 Å². The Morgan fingerprint density at radius 2 is 1.61 bits per heavy atom. The van der Waals surface area contributed by atoms with Crippen LogP contribution in [0.25, 0.3) is 0 Å². The van der Waals surface area contributed by atoms with Gasteiger partial charge in [-0.3, -0.25) is 9.69 Å². The predicted molar refractivity (Wildman–Crippen MR) is 128 cm³/mol. The minimum absolute atomic E-state index is 0.0428. The van der Waals surface area contributed by atoms with Gasteiger partial charge in [0.05, 0.1) is 18.3 Å². The van der Waals surface area contributed by atoms with Crippen LogP contribution in [0.2, 0.25) is 0 Å². The van der Waals surface area contributed by atoms with Crippen molar-refractivity contribution in [3.05, 3.63) is 96.1 Å². The molecule has 33 heavy (non-hydrogen) atoms. The van der Waals surface area contributed by atoms with Gasteiger partial charge in [0.1, 0.15) is 24.7 Å². The molecule has 0 saturated carbocycles. The van der Waals surface area contributed by atoms with Gasteiger partial charge in [-0.25, -0.2) is 0 Å². The minimum Gasteiger partial charge on any atom is -0.490 e. The molecule has 4 rings (SSSR count). The summed E-state index contributed by atoms with van der Waals surface area (Å²) in [4.78, 5) is 15.2. The number of para-hydroxylation sites is 2. The highest BCUT2D eigenvalue weighted by Crippen LogP contribution is 2.18. The molecule has 1 fully saturated rings. The maximum Gasteiger partial charge on any atom is 0.255 e. The zero-order valence-corrected chi connectivity index (χ0v) is 18.7. The van der Waals surface area contributed by atoms with Crippen LogP contribution in [0, 0.1) is 0 Å². The molecule has 3 aromatic rings. The van der Waals surface area contributed by atoms with Crippen LogP contribution in [0.5, 0.6) is 11.5 Å². The Kier molecular flexibility index (Phi) is 8.33. The smallest absolute Gasteiger partial charge is 0.255 e. The van der Waals surface area contributed by atoms with Crippen LogP contribution in [0.15, 0.2) is 84.9 Å². The van der Waals surface area contributed by atoms with Crippen molar-refractivity contribution in [1.29, 1.82) is 0 Å². The summed E-state index contributed by atoms with van der Waals surface area (Å²) >= 11 is 0. The zero-order chi connectivity index (χ0) is 22.7. The van der Waals surface area contributed by atoms with Crippen molar-refractivity contribution in [3.63, 3.8) is 0 Å². The molecule has 1 aliphatic rings. The van der Waals surface area contributed by atoms with Crippen LogP contribution in [0.3, 0.4) is 0 Å². The van der Waals surface area contributed by atoms with Crippen molar-refractivity contribution < 1.29 is 19.0 Å². The van der Waals surface area contributed by atoms with E-state index in [1.54, 1.807) is 12.1 Å². The van der Waals surface area contributed by atoms with Crippen LogP contribution in [-0.2, 0) is 11.3 Å². The number of nitrogens with zero attached hydrogens (tertiary/aromatic N) is 1. The number of ether oxygens (including phenoxy) is 3. The molecule has 6 heteroatoms. The van der Waals surface area contributed by atoms with Crippen LogP contribution < -0.4 is 14.8 Å². The van der Waals surface area contributed by atoms with E-state index in [1.165, 1.54) is 5.56 Å². The average molecular weight is 447 g/mol. The van der Waals surface area contributed by atoms with Crippen molar-refractivity contribution in [1.82, 2.24) is 10.2 Å². The largest absolute Gasteiger partial charge is 0.490 e. The Morgan fingerprint density at radius 1 is 0.909 bits per heavy atom. The topological polar surface area (TPSA) is 60.0 Å². The molecule has 1 unspecified atom stereocenters. The molecule has 1 N–H and O–H groups in total. The molecule has 1 heterocycles. The maximum atomic E-state index is 12.8. The van der Waals surface area contributed by atoms with E-state index >= 15 is 0 Å². The van der Waals surface area contributed by atoms with E-state index in [0.717, 1.165) is 25.4 Å². The van der Waals surface area contributed by atoms with Crippen molar-refractivity contribution >= 4 is 5.91 Å². The lowest BCUT2D eigenvalue weighted by Gasteiger charge is -2.33. The number of carbonyl (C=O) groups is 1. The van der Waals surface area contributed by atoms with Gasteiger partial charge in [-0.15, -0.1) is 0 Å². The van der Waals surface area contributed by atoms with Crippen molar-refractivity contribution in [2.75, 3.05) is 39.5 Å². The summed E-state index contributed by atoms with van der Waals surface area (Å²) in [7, 11) is 0. The summed E-state index contributed by atoms with van der Waals surface area (Å²) in [6.07, 6.45) is -0.0428. The minimum atomic E-state index is -0.168. The first kappa shape index (κ1) is 22.8. The van der Waals surface area contributed by atoms with E-state index in [2.05, 4.69) is 34.5 Å². The number of nitrogens with one attached hydrogen (secondary N) is 1. The Labute approximate surface area is 195 Å². The molecule has 6 nitrogen and oxygen atoms in total. The van der Waals surface area contributed by atoms with E-state index in [-0.39, 0.29) is 12.0 Å². The van der Waals surface area contributed by atoms with Gasteiger partial charge < -0.3 is 19.5 Å². The van der Waals surface area contributed by atoms with Crippen LogP contribution in [0.1, 0.15) is 15.9 Å². The first-order valence-electron chi connectivity index (χ1n) is 11.3. The number of rotatable bonds is 10. The summed E-state index contributed by atoms with van der Waals surface area (Å²) in [5.74, 6) is 1.17. The van der Waals surface area contributed by atoms with Crippen molar-refractivity contribution in [3.8, 4) is 11.5 Å². The van der Waals surface area contributed by atoms with Crippen molar-refractivity contribution in [2.45, 2.75) is 12.6 Å². The standard InChI is InChI=1S/C27H30N2O4/c30-27(28-19-24-21-29(15-16-31-24)20-22-9-3-1-4-10-22)25-13-7-8-14-26(25)33-18-17-32-23-11-5-2-6-12-23/h1-14,24H,15-21H2,(H,28,30). The Morgan fingerprint density at radius 3 is 2.42 bits per heavy atom. The Balaban J connectivity index is 1.24. The van der Waals surface area contributed by atoms with E-state index < -0.39 is 0 Å². The number of benzene rings is 3.